The minimum atomic E-state index is 0.819. The Bertz CT molecular complexity index is 696. The number of rotatable bonds is 7. The molecule has 3 rings (SSSR count). The van der Waals surface area contributed by atoms with Gasteiger partial charge < -0.3 is 19.9 Å². The summed E-state index contributed by atoms with van der Waals surface area (Å²) in [6, 6.07) is 10.4. The van der Waals surface area contributed by atoms with E-state index >= 15 is 0 Å². The minimum Gasteiger partial charge on any atom is -0.497 e. The van der Waals surface area contributed by atoms with Crippen molar-refractivity contribution in [2.45, 2.75) is 26.7 Å². The number of ether oxygens (including phenoxy) is 1. The summed E-state index contributed by atoms with van der Waals surface area (Å²) in [5.74, 6) is 3.66. The van der Waals surface area contributed by atoms with Gasteiger partial charge in [0.25, 0.3) is 0 Å². The molecule has 1 fully saturated rings. The van der Waals surface area contributed by atoms with E-state index in [4.69, 9.17) is 4.74 Å². The molecule has 1 aliphatic heterocycles. The molecule has 1 aromatic carbocycles. The first-order chi connectivity index (χ1) is 12.7. The van der Waals surface area contributed by atoms with Gasteiger partial charge in [-0.2, -0.15) is 0 Å². The number of piperazine rings is 1. The van der Waals surface area contributed by atoms with Crippen LogP contribution < -0.4 is 19.9 Å². The molecule has 0 unspecified atom stereocenters. The molecule has 0 radical (unpaired) electrons. The maximum absolute atomic E-state index is 5.24. The number of hydrogen-bond donors (Lipinski definition) is 1. The van der Waals surface area contributed by atoms with Crippen LogP contribution in [0.3, 0.4) is 0 Å². The van der Waals surface area contributed by atoms with E-state index < -0.39 is 0 Å². The van der Waals surface area contributed by atoms with Crippen molar-refractivity contribution in [3.8, 4) is 5.75 Å². The smallest absolute Gasteiger partial charge is 0.134 e. The van der Waals surface area contributed by atoms with Crippen molar-refractivity contribution in [2.75, 3.05) is 55.0 Å². The highest BCUT2D eigenvalue weighted by Crippen LogP contribution is 2.23. The predicted octanol–water partition coefficient (Wildman–Crippen LogP) is 3.33. The van der Waals surface area contributed by atoms with Gasteiger partial charge in [0.2, 0.25) is 0 Å². The van der Waals surface area contributed by atoms with Gasteiger partial charge in [0.05, 0.1) is 7.11 Å². The molecule has 1 aromatic heterocycles. The Kier molecular flexibility index (Phi) is 6.15. The Morgan fingerprint density at radius 2 is 1.73 bits per heavy atom. The van der Waals surface area contributed by atoms with E-state index in [-0.39, 0.29) is 0 Å². The third-order valence-electron chi connectivity index (χ3n) is 4.70. The third kappa shape index (κ3) is 4.56. The van der Waals surface area contributed by atoms with E-state index in [1.54, 1.807) is 7.11 Å². The normalized spacial score (nSPS) is 14.4. The van der Waals surface area contributed by atoms with Crippen LogP contribution in [0.2, 0.25) is 0 Å². The van der Waals surface area contributed by atoms with E-state index in [1.807, 2.05) is 19.1 Å². The molecule has 1 N–H and O–H groups in total. The number of anilines is 3. The molecule has 1 aliphatic rings. The van der Waals surface area contributed by atoms with Gasteiger partial charge in [0.1, 0.15) is 23.2 Å². The molecular weight excluding hydrogens is 326 g/mol. The van der Waals surface area contributed by atoms with Crippen LogP contribution in [-0.4, -0.2) is 49.8 Å². The second kappa shape index (κ2) is 8.74. The van der Waals surface area contributed by atoms with Crippen LogP contribution >= 0.6 is 0 Å². The minimum absolute atomic E-state index is 0.819. The van der Waals surface area contributed by atoms with Crippen LogP contribution in [-0.2, 0) is 0 Å². The first kappa shape index (κ1) is 18.3. The SMILES string of the molecule is CCCCNc1cc(N2CCN(c3ccc(OC)cc3)CC2)nc(C)n1. The summed E-state index contributed by atoms with van der Waals surface area (Å²) >= 11 is 0. The van der Waals surface area contributed by atoms with E-state index in [1.165, 1.54) is 12.1 Å². The first-order valence-electron chi connectivity index (χ1n) is 9.43. The highest BCUT2D eigenvalue weighted by molar-refractivity contribution is 5.53. The summed E-state index contributed by atoms with van der Waals surface area (Å²) in [4.78, 5) is 13.9. The molecule has 0 bridgehead atoms. The average molecular weight is 355 g/mol. The fourth-order valence-electron chi connectivity index (χ4n) is 3.18. The molecule has 0 aliphatic carbocycles. The summed E-state index contributed by atoms with van der Waals surface area (Å²) in [5.41, 5.74) is 1.24. The van der Waals surface area contributed by atoms with Crippen molar-refractivity contribution in [1.29, 1.82) is 0 Å². The molecule has 2 aromatic rings. The number of nitrogens with zero attached hydrogens (tertiary/aromatic N) is 4. The second-order valence-corrected chi connectivity index (χ2v) is 6.61. The number of aromatic nitrogens is 2. The number of nitrogens with one attached hydrogen (secondary N) is 1. The molecule has 6 nitrogen and oxygen atoms in total. The summed E-state index contributed by atoms with van der Waals surface area (Å²) in [7, 11) is 1.70. The fourth-order valence-corrected chi connectivity index (χ4v) is 3.18. The third-order valence-corrected chi connectivity index (χ3v) is 4.70. The summed E-state index contributed by atoms with van der Waals surface area (Å²) in [6.07, 6.45) is 2.33. The zero-order valence-corrected chi connectivity index (χ0v) is 16.0. The Morgan fingerprint density at radius 3 is 2.38 bits per heavy atom. The number of aryl methyl sites for hydroxylation is 1. The zero-order chi connectivity index (χ0) is 18.4. The number of benzene rings is 1. The molecule has 6 heteroatoms. The summed E-state index contributed by atoms with van der Waals surface area (Å²) in [5, 5.41) is 3.41. The molecule has 0 spiro atoms. The maximum atomic E-state index is 5.24. The Hall–Kier alpha value is -2.50. The largest absolute Gasteiger partial charge is 0.497 e. The van der Waals surface area contributed by atoms with E-state index in [0.29, 0.717) is 0 Å². The number of hydrogen-bond acceptors (Lipinski definition) is 6. The van der Waals surface area contributed by atoms with Crippen LogP contribution in [0, 0.1) is 6.92 Å². The fraction of sp³-hybridized carbons (Fsp3) is 0.500. The van der Waals surface area contributed by atoms with Crippen LogP contribution in [0.1, 0.15) is 25.6 Å². The van der Waals surface area contributed by atoms with Gasteiger partial charge in [0.15, 0.2) is 0 Å². The van der Waals surface area contributed by atoms with Gasteiger partial charge >= 0.3 is 0 Å². The van der Waals surface area contributed by atoms with Gasteiger partial charge in [-0.1, -0.05) is 13.3 Å². The highest BCUT2D eigenvalue weighted by Gasteiger charge is 2.19. The Morgan fingerprint density at radius 1 is 1.04 bits per heavy atom. The van der Waals surface area contributed by atoms with Crippen molar-refractivity contribution in [1.82, 2.24) is 9.97 Å². The molecule has 0 amide bonds. The van der Waals surface area contributed by atoms with E-state index in [9.17, 15) is 0 Å². The van der Waals surface area contributed by atoms with Crippen LogP contribution in [0.15, 0.2) is 30.3 Å². The molecule has 0 saturated carbocycles. The van der Waals surface area contributed by atoms with Crippen LogP contribution in [0.4, 0.5) is 17.3 Å². The molecule has 26 heavy (non-hydrogen) atoms. The van der Waals surface area contributed by atoms with Crippen LogP contribution in [0.5, 0.6) is 5.75 Å². The zero-order valence-electron chi connectivity index (χ0n) is 16.0. The molecule has 0 atom stereocenters. The standard InChI is InChI=1S/C20H29N5O/c1-4-5-10-21-19-15-20(23-16(2)22-19)25-13-11-24(12-14-25)17-6-8-18(26-3)9-7-17/h6-9,15H,4-5,10-14H2,1-3H3,(H,21,22,23). The lowest BCUT2D eigenvalue weighted by atomic mass is 10.2. The van der Waals surface area contributed by atoms with Gasteiger partial charge in [-0.05, 0) is 37.6 Å². The number of methoxy groups -OCH3 is 1. The van der Waals surface area contributed by atoms with E-state index in [0.717, 1.165) is 62.4 Å². The van der Waals surface area contributed by atoms with Crippen molar-refractivity contribution < 1.29 is 4.74 Å². The molecule has 140 valence electrons. The molecule has 2 heterocycles. The monoisotopic (exact) mass is 355 g/mol. The average Bonchev–Trinajstić information content (AvgIpc) is 2.68. The Balaban J connectivity index is 1.61. The highest BCUT2D eigenvalue weighted by atomic mass is 16.5. The summed E-state index contributed by atoms with van der Waals surface area (Å²) in [6.45, 7) is 8.98. The maximum Gasteiger partial charge on any atom is 0.134 e. The van der Waals surface area contributed by atoms with Gasteiger partial charge in [0, 0.05) is 44.5 Å². The number of unbranched alkanes of at least 4 members (excludes halogenated alkanes) is 1. The summed E-state index contributed by atoms with van der Waals surface area (Å²) < 4.78 is 5.24. The van der Waals surface area contributed by atoms with Gasteiger partial charge in [-0.15, -0.1) is 0 Å². The Labute approximate surface area is 156 Å². The lowest BCUT2D eigenvalue weighted by Gasteiger charge is -2.37. The van der Waals surface area contributed by atoms with Crippen molar-refractivity contribution in [2.24, 2.45) is 0 Å². The predicted molar refractivity (Wildman–Crippen MR) is 108 cm³/mol. The van der Waals surface area contributed by atoms with Gasteiger partial charge in [-0.3, -0.25) is 0 Å². The second-order valence-electron chi connectivity index (χ2n) is 6.61. The topological polar surface area (TPSA) is 53.5 Å². The lowest BCUT2D eigenvalue weighted by Crippen LogP contribution is -2.46. The quantitative estimate of drug-likeness (QED) is 0.769. The van der Waals surface area contributed by atoms with Crippen molar-refractivity contribution in [3.05, 3.63) is 36.2 Å². The van der Waals surface area contributed by atoms with Crippen molar-refractivity contribution in [3.63, 3.8) is 0 Å². The van der Waals surface area contributed by atoms with Crippen LogP contribution in [0.25, 0.3) is 0 Å². The van der Waals surface area contributed by atoms with E-state index in [2.05, 4.69) is 50.2 Å². The lowest BCUT2D eigenvalue weighted by molar-refractivity contribution is 0.415. The molecular formula is C20H29N5O. The first-order valence-corrected chi connectivity index (χ1v) is 9.43. The molecule has 1 saturated heterocycles. The van der Waals surface area contributed by atoms with Crippen molar-refractivity contribution >= 4 is 17.3 Å². The van der Waals surface area contributed by atoms with Gasteiger partial charge in [-0.25, -0.2) is 9.97 Å².